The maximum atomic E-state index is 14.6. The van der Waals surface area contributed by atoms with E-state index in [9.17, 15) is 32.3 Å². The van der Waals surface area contributed by atoms with Gasteiger partial charge < -0.3 is 34.8 Å². The van der Waals surface area contributed by atoms with Crippen LogP contribution in [0.1, 0.15) is 86.0 Å². The molecule has 3 saturated heterocycles. The van der Waals surface area contributed by atoms with Crippen molar-refractivity contribution in [3.63, 3.8) is 0 Å². The van der Waals surface area contributed by atoms with Crippen LogP contribution in [0.2, 0.25) is 0 Å². The third-order valence-electron chi connectivity index (χ3n) is 14.8. The summed E-state index contributed by atoms with van der Waals surface area (Å²) in [7, 11) is 2.18. The van der Waals surface area contributed by atoms with Crippen LogP contribution in [0.5, 0.6) is 0 Å². The van der Waals surface area contributed by atoms with Crippen molar-refractivity contribution in [2.45, 2.75) is 107 Å². The van der Waals surface area contributed by atoms with Crippen LogP contribution in [0.25, 0.3) is 21.8 Å². The lowest BCUT2D eigenvalue weighted by Crippen LogP contribution is -2.59. The number of nitrogens with zero attached hydrogens (tertiary/aromatic N) is 6. The molecule has 1 saturated carbocycles. The molecule has 2 aromatic heterocycles. The number of aryl methyl sites for hydroxylation is 1. The summed E-state index contributed by atoms with van der Waals surface area (Å²) in [4.78, 5) is 76.1. The topological polar surface area (TPSA) is 173 Å². The number of hydrogen-bond donors (Lipinski definition) is 3. The van der Waals surface area contributed by atoms with Crippen LogP contribution in [0, 0.1) is 6.92 Å². The predicted molar refractivity (Wildman–Crippen MR) is 258 cm³/mol. The van der Waals surface area contributed by atoms with E-state index in [0.717, 1.165) is 115 Å². The molecule has 18 heteroatoms. The number of aromatic amines is 1. The van der Waals surface area contributed by atoms with Gasteiger partial charge in [-0.05, 0) is 112 Å². The second-order valence-corrected chi connectivity index (χ2v) is 19.4. The van der Waals surface area contributed by atoms with Crippen molar-refractivity contribution in [3.8, 4) is 0 Å². The molecule has 0 bridgehead atoms. The predicted octanol–water partition coefficient (Wildman–Crippen LogP) is 6.96. The second-order valence-electron chi connectivity index (χ2n) is 19.4. The van der Waals surface area contributed by atoms with Gasteiger partial charge in [-0.1, -0.05) is 73.9 Å². The van der Waals surface area contributed by atoms with E-state index in [1.54, 1.807) is 9.58 Å². The van der Waals surface area contributed by atoms with Crippen molar-refractivity contribution in [2.75, 3.05) is 59.4 Å². The lowest BCUT2D eigenvalue weighted by Gasteiger charge is -2.43. The highest BCUT2D eigenvalue weighted by molar-refractivity contribution is 5.88. The summed E-state index contributed by atoms with van der Waals surface area (Å²) >= 11 is 0. The van der Waals surface area contributed by atoms with Gasteiger partial charge in [0.2, 0.25) is 5.91 Å². The number of likely N-dealkylation sites (tertiary alicyclic amines) is 2. The Labute approximate surface area is 404 Å². The minimum atomic E-state index is -5.08. The molecule has 0 spiro atoms. The number of carboxylic acids is 1. The first kappa shape index (κ1) is 50.1. The molecule has 15 nitrogen and oxygen atoms in total. The number of para-hydroxylation sites is 1. The first-order valence-electron chi connectivity index (χ1n) is 24.5. The minimum absolute atomic E-state index is 0.00349. The van der Waals surface area contributed by atoms with E-state index in [2.05, 4.69) is 33.2 Å². The van der Waals surface area contributed by atoms with Crippen molar-refractivity contribution < 1.29 is 42.2 Å². The van der Waals surface area contributed by atoms with Crippen molar-refractivity contribution in [1.29, 1.82) is 0 Å². The van der Waals surface area contributed by atoms with Gasteiger partial charge in [-0.3, -0.25) is 19.3 Å². The number of carbonyl (C=O) groups is 4. The number of carboxylic acid groups (broad SMARTS) is 1. The average Bonchev–Trinajstić information content (AvgIpc) is 3.79. The number of piperidine rings is 2. The average molecular weight is 969 g/mol. The van der Waals surface area contributed by atoms with Gasteiger partial charge in [-0.2, -0.15) is 18.3 Å². The maximum absolute atomic E-state index is 14.6. The lowest BCUT2D eigenvalue weighted by atomic mass is 9.69. The standard InChI is InChI=1S/C50H62N8O5.C2HF3O2/c1-35-29-36(30-39-33-58(53-45(35)39)34-63-48(61)50(19-9-4-10-20-50)40-12-5-3-6-13-40)31-44(47(60)56-27-25-55(26-28-56)41-17-21-54(2)22-18-41)52-49(62)57-23-15-37(16-24-57)42-32-38-11-7-8-14-43(38)51-46(42)59;3-2(4,5)1(6)7/h3,5-8,11-14,29-30,32-33,37,41,44H,4,9-10,15-28,31,34H2,1-2H3,(H,51,59)(H,52,62);(H,6,7). The number of ether oxygens (including phenoxy) is 1. The number of H-pyrrole nitrogens is 1. The van der Waals surface area contributed by atoms with E-state index in [-0.39, 0.29) is 36.1 Å². The smallest absolute Gasteiger partial charge is 0.475 e. The molecule has 9 rings (SSSR count). The molecule has 1 aliphatic carbocycles. The Morgan fingerprint density at radius 2 is 1.50 bits per heavy atom. The number of aromatic nitrogens is 3. The number of aliphatic carboxylic acids is 1. The molecule has 0 radical (unpaired) electrons. The molecule has 5 heterocycles. The van der Waals surface area contributed by atoms with Gasteiger partial charge in [0.1, 0.15) is 6.04 Å². The first-order valence-corrected chi connectivity index (χ1v) is 24.5. The molecular weight excluding hydrogens is 906 g/mol. The summed E-state index contributed by atoms with van der Waals surface area (Å²) in [5.74, 6) is -3.00. The number of fused-ring (bicyclic) bond motifs is 2. The number of carbonyl (C=O) groups excluding carboxylic acids is 3. The summed E-state index contributed by atoms with van der Waals surface area (Å²) < 4.78 is 39.5. The maximum Gasteiger partial charge on any atom is 0.490 e. The summed E-state index contributed by atoms with van der Waals surface area (Å²) in [5, 5.41) is 17.0. The number of urea groups is 1. The van der Waals surface area contributed by atoms with Gasteiger partial charge in [0.25, 0.3) is 5.56 Å². The van der Waals surface area contributed by atoms with E-state index < -0.39 is 23.6 Å². The number of esters is 1. The van der Waals surface area contributed by atoms with Gasteiger partial charge in [-0.25, -0.2) is 14.3 Å². The molecule has 3 aromatic carbocycles. The van der Waals surface area contributed by atoms with Crippen LogP contribution in [-0.4, -0.2) is 141 Å². The van der Waals surface area contributed by atoms with Crippen molar-refractivity contribution >= 4 is 45.7 Å². The molecule has 1 atom stereocenters. The monoisotopic (exact) mass is 968 g/mol. The molecule has 4 aliphatic rings. The van der Waals surface area contributed by atoms with Crippen LogP contribution in [0.3, 0.4) is 0 Å². The number of rotatable bonds is 10. The van der Waals surface area contributed by atoms with E-state index in [0.29, 0.717) is 51.5 Å². The van der Waals surface area contributed by atoms with Gasteiger partial charge >= 0.3 is 24.1 Å². The number of nitrogens with one attached hydrogen (secondary N) is 2. The fraction of sp³-hybridized carbons (Fsp3) is 0.500. The Kier molecular flexibility index (Phi) is 15.6. The van der Waals surface area contributed by atoms with Crippen LogP contribution in [0.15, 0.2) is 83.8 Å². The zero-order valence-electron chi connectivity index (χ0n) is 39.9. The van der Waals surface area contributed by atoms with E-state index in [1.165, 1.54) is 0 Å². The highest BCUT2D eigenvalue weighted by Crippen LogP contribution is 2.41. The Morgan fingerprint density at radius 1 is 0.843 bits per heavy atom. The Bertz CT molecular complexity index is 2700. The fourth-order valence-electron chi connectivity index (χ4n) is 10.8. The summed E-state index contributed by atoms with van der Waals surface area (Å²) in [6, 6.07) is 23.4. The number of piperazine rings is 1. The zero-order chi connectivity index (χ0) is 49.6. The van der Waals surface area contributed by atoms with Gasteiger partial charge in [0.15, 0.2) is 6.73 Å². The van der Waals surface area contributed by atoms with Crippen molar-refractivity contribution in [1.82, 2.24) is 39.7 Å². The van der Waals surface area contributed by atoms with Crippen LogP contribution in [-0.2, 0) is 37.7 Å². The summed E-state index contributed by atoms with van der Waals surface area (Å²) in [6.07, 6.45) is 5.39. The SMILES string of the molecule is Cc1cc(CC(NC(=O)N2CCC(c3cc4ccccc4[nH]c3=O)CC2)C(=O)N2CCN(C3CCN(C)CC3)CC2)cc2cn(COC(=O)C3(c4ccccc4)CCCCC3)nc12.O=C(O)C(F)(F)F. The lowest BCUT2D eigenvalue weighted by molar-refractivity contribution is -0.192. The van der Waals surface area contributed by atoms with Gasteiger partial charge in [0.05, 0.1) is 10.9 Å². The molecule has 3 aliphatic heterocycles. The molecule has 1 unspecified atom stereocenters. The second kappa shape index (κ2) is 21.8. The molecule has 70 heavy (non-hydrogen) atoms. The summed E-state index contributed by atoms with van der Waals surface area (Å²) in [6.45, 7) is 8.06. The largest absolute Gasteiger partial charge is 0.490 e. The third kappa shape index (κ3) is 11.7. The molecule has 3 N–H and O–H groups in total. The number of hydrogen-bond acceptors (Lipinski definition) is 9. The highest BCUT2D eigenvalue weighted by atomic mass is 19.4. The molecule has 374 valence electrons. The minimum Gasteiger partial charge on any atom is -0.475 e. The number of halogens is 3. The van der Waals surface area contributed by atoms with Gasteiger partial charge in [0, 0.05) is 74.4 Å². The molecular formula is C52H63F3N8O7. The number of pyridine rings is 1. The Morgan fingerprint density at radius 3 is 2.17 bits per heavy atom. The Hall–Kier alpha value is -6.27. The zero-order valence-corrected chi connectivity index (χ0v) is 39.9. The normalized spacial score (nSPS) is 19.0. The fourth-order valence-corrected chi connectivity index (χ4v) is 10.8. The van der Waals surface area contributed by atoms with Crippen LogP contribution >= 0.6 is 0 Å². The van der Waals surface area contributed by atoms with E-state index >= 15 is 0 Å². The van der Waals surface area contributed by atoms with Crippen molar-refractivity contribution in [2.24, 2.45) is 0 Å². The number of benzene rings is 3. The van der Waals surface area contributed by atoms with Crippen LogP contribution in [0.4, 0.5) is 18.0 Å². The van der Waals surface area contributed by atoms with Crippen molar-refractivity contribution in [3.05, 3.63) is 112 Å². The summed E-state index contributed by atoms with van der Waals surface area (Å²) in [5.41, 5.74) is 4.52. The number of amides is 3. The third-order valence-corrected chi connectivity index (χ3v) is 14.8. The first-order chi connectivity index (χ1) is 33.6. The molecule has 5 aromatic rings. The van der Waals surface area contributed by atoms with E-state index in [1.807, 2.05) is 84.8 Å². The molecule has 4 fully saturated rings. The number of alkyl halides is 3. The van der Waals surface area contributed by atoms with Gasteiger partial charge in [-0.15, -0.1) is 0 Å². The van der Waals surface area contributed by atoms with Crippen LogP contribution < -0.4 is 10.9 Å². The quantitative estimate of drug-likeness (QED) is 0.124. The molecule has 3 amide bonds. The highest BCUT2D eigenvalue weighted by Gasteiger charge is 2.43. The Balaban J connectivity index is 0.000000876. The van der Waals surface area contributed by atoms with E-state index in [4.69, 9.17) is 19.7 Å².